The van der Waals surface area contributed by atoms with E-state index in [9.17, 15) is 8.42 Å². The summed E-state index contributed by atoms with van der Waals surface area (Å²) in [6.07, 6.45) is 2.74. The van der Waals surface area contributed by atoms with Gasteiger partial charge in [-0.2, -0.15) is 0 Å². The van der Waals surface area contributed by atoms with Gasteiger partial charge in [-0.15, -0.1) is 0 Å². The second kappa shape index (κ2) is 5.12. The van der Waals surface area contributed by atoms with E-state index >= 15 is 0 Å². The van der Waals surface area contributed by atoms with Crippen molar-refractivity contribution in [2.24, 2.45) is 0 Å². The molecular weight excluding hydrogens is 362 g/mol. The predicted molar refractivity (Wildman–Crippen MR) is 74.6 cm³/mol. The van der Waals surface area contributed by atoms with Gasteiger partial charge in [0, 0.05) is 10.7 Å². The number of hydrogen-bond acceptors (Lipinski definition) is 5. The Balaban J connectivity index is 2.30. The third kappa shape index (κ3) is 3.00. The summed E-state index contributed by atoms with van der Waals surface area (Å²) in [5.74, 6) is 0.250. The normalized spacial score (nSPS) is 11.5. The van der Waals surface area contributed by atoms with Crippen LogP contribution in [0, 0.1) is 6.92 Å². The van der Waals surface area contributed by atoms with E-state index in [1.165, 1.54) is 12.4 Å². The summed E-state index contributed by atoms with van der Waals surface area (Å²) in [7, 11) is -3.68. The van der Waals surface area contributed by atoms with Crippen LogP contribution in [0.4, 0.5) is 5.82 Å². The lowest BCUT2D eigenvalue weighted by atomic mass is 10.3. The van der Waals surface area contributed by atoms with Gasteiger partial charge in [0.15, 0.2) is 8.68 Å². The molecule has 5 nitrogen and oxygen atoms in total. The Morgan fingerprint density at radius 2 is 2.11 bits per heavy atom. The number of pyridine rings is 1. The molecule has 2 aromatic heterocycles. The SMILES string of the molecule is Cc1cc(NS(=O)(=O)c2cnc(Cl)s2)ncc1Br. The highest BCUT2D eigenvalue weighted by Gasteiger charge is 2.18. The first-order valence-corrected chi connectivity index (χ1v) is 8.12. The molecule has 0 bridgehead atoms. The minimum absolute atomic E-state index is 0.0508. The summed E-state index contributed by atoms with van der Waals surface area (Å²) in [4.78, 5) is 7.66. The Kier molecular flexibility index (Phi) is 3.90. The number of aromatic nitrogens is 2. The number of hydrogen-bond donors (Lipinski definition) is 1. The highest BCUT2D eigenvalue weighted by Crippen LogP contribution is 2.25. The van der Waals surface area contributed by atoms with Crippen LogP contribution in [0.2, 0.25) is 4.47 Å². The minimum atomic E-state index is -3.68. The molecule has 2 rings (SSSR count). The molecule has 0 saturated carbocycles. The van der Waals surface area contributed by atoms with Crippen LogP contribution in [0.5, 0.6) is 0 Å². The number of nitrogens with zero attached hydrogens (tertiary/aromatic N) is 2. The molecule has 18 heavy (non-hydrogen) atoms. The Morgan fingerprint density at radius 3 is 2.67 bits per heavy atom. The van der Waals surface area contributed by atoms with Crippen molar-refractivity contribution in [3.8, 4) is 0 Å². The standard InChI is InChI=1S/C9H7BrClN3O2S2/c1-5-2-7(12-3-6(5)10)14-18(15,16)8-4-13-9(11)17-8/h2-4H,1H3,(H,12,14). The van der Waals surface area contributed by atoms with Gasteiger partial charge < -0.3 is 0 Å². The highest BCUT2D eigenvalue weighted by atomic mass is 79.9. The lowest BCUT2D eigenvalue weighted by molar-refractivity contribution is 0.603. The fraction of sp³-hybridized carbons (Fsp3) is 0.111. The first kappa shape index (κ1) is 13.7. The summed E-state index contributed by atoms with van der Waals surface area (Å²) in [5.41, 5.74) is 0.880. The molecule has 0 aromatic carbocycles. The van der Waals surface area contributed by atoms with Crippen molar-refractivity contribution in [2.45, 2.75) is 11.1 Å². The van der Waals surface area contributed by atoms with Gasteiger partial charge in [0.25, 0.3) is 10.0 Å². The molecule has 0 atom stereocenters. The van der Waals surface area contributed by atoms with Gasteiger partial charge in [0.1, 0.15) is 5.82 Å². The first-order chi connectivity index (χ1) is 8.38. The molecule has 2 heterocycles. The van der Waals surface area contributed by atoms with Gasteiger partial charge in [-0.05, 0) is 34.5 Å². The lowest BCUT2D eigenvalue weighted by Gasteiger charge is -2.06. The zero-order valence-electron chi connectivity index (χ0n) is 9.02. The van der Waals surface area contributed by atoms with Crippen LogP contribution in [-0.4, -0.2) is 18.4 Å². The number of sulfonamides is 1. The molecule has 0 unspecified atom stereocenters. The molecule has 0 aliphatic rings. The Hall–Kier alpha value is -0.700. The third-order valence-electron chi connectivity index (χ3n) is 2.01. The molecule has 0 amide bonds. The van der Waals surface area contributed by atoms with Crippen molar-refractivity contribution in [3.05, 3.63) is 33.0 Å². The van der Waals surface area contributed by atoms with Crippen LogP contribution in [0.25, 0.3) is 0 Å². The first-order valence-electron chi connectivity index (χ1n) is 4.65. The maximum Gasteiger partial charge on any atom is 0.274 e. The average Bonchev–Trinajstić information content (AvgIpc) is 2.71. The monoisotopic (exact) mass is 367 g/mol. The van der Waals surface area contributed by atoms with Crippen LogP contribution in [0.15, 0.2) is 27.1 Å². The van der Waals surface area contributed by atoms with E-state index in [-0.39, 0.29) is 14.5 Å². The van der Waals surface area contributed by atoms with Crippen LogP contribution in [0.1, 0.15) is 5.56 Å². The summed E-state index contributed by atoms with van der Waals surface area (Å²) < 4.78 is 27.3. The van der Waals surface area contributed by atoms with Gasteiger partial charge in [-0.25, -0.2) is 18.4 Å². The quantitative estimate of drug-likeness (QED) is 0.903. The van der Waals surface area contributed by atoms with Crippen molar-refractivity contribution in [1.82, 2.24) is 9.97 Å². The van der Waals surface area contributed by atoms with Crippen molar-refractivity contribution in [1.29, 1.82) is 0 Å². The van der Waals surface area contributed by atoms with Crippen LogP contribution >= 0.6 is 38.9 Å². The topological polar surface area (TPSA) is 72.0 Å². The molecule has 0 aliphatic carbocycles. The van der Waals surface area contributed by atoms with Gasteiger partial charge in [-0.1, -0.05) is 22.9 Å². The summed E-state index contributed by atoms with van der Waals surface area (Å²) >= 11 is 9.79. The third-order valence-corrected chi connectivity index (χ3v) is 5.77. The molecule has 1 N–H and O–H groups in total. The molecule has 0 spiro atoms. The fourth-order valence-electron chi connectivity index (χ4n) is 1.15. The zero-order chi connectivity index (χ0) is 13.3. The highest BCUT2D eigenvalue weighted by molar-refractivity contribution is 9.10. The second-order valence-corrected chi connectivity index (χ2v) is 7.73. The van der Waals surface area contributed by atoms with E-state index < -0.39 is 10.0 Å². The van der Waals surface area contributed by atoms with Gasteiger partial charge in [0.05, 0.1) is 6.20 Å². The fourth-order valence-corrected chi connectivity index (χ4v) is 3.66. The van der Waals surface area contributed by atoms with Crippen molar-refractivity contribution < 1.29 is 8.42 Å². The number of anilines is 1. The molecule has 9 heteroatoms. The van der Waals surface area contributed by atoms with Crippen LogP contribution < -0.4 is 4.72 Å². The largest absolute Gasteiger partial charge is 0.274 e. The van der Waals surface area contributed by atoms with Gasteiger partial charge in [-0.3, -0.25) is 4.72 Å². The van der Waals surface area contributed by atoms with E-state index in [2.05, 4.69) is 30.6 Å². The lowest BCUT2D eigenvalue weighted by Crippen LogP contribution is -2.12. The molecular formula is C9H7BrClN3O2S2. The maximum absolute atomic E-state index is 12.0. The minimum Gasteiger partial charge on any atom is -0.263 e. The van der Waals surface area contributed by atoms with Crippen molar-refractivity contribution in [3.63, 3.8) is 0 Å². The predicted octanol–water partition coefficient (Wildman–Crippen LogP) is 3.06. The van der Waals surface area contributed by atoms with Crippen molar-refractivity contribution in [2.75, 3.05) is 4.72 Å². The van der Waals surface area contributed by atoms with E-state index in [4.69, 9.17) is 11.6 Å². The van der Waals surface area contributed by atoms with Crippen LogP contribution in [0.3, 0.4) is 0 Å². The summed E-state index contributed by atoms with van der Waals surface area (Å²) in [6.45, 7) is 1.84. The smallest absolute Gasteiger partial charge is 0.263 e. The second-order valence-electron chi connectivity index (χ2n) is 3.36. The van der Waals surface area contributed by atoms with E-state index in [1.54, 1.807) is 6.07 Å². The average molecular weight is 369 g/mol. The van der Waals surface area contributed by atoms with Gasteiger partial charge >= 0.3 is 0 Å². The maximum atomic E-state index is 12.0. The molecule has 0 fully saturated rings. The van der Waals surface area contributed by atoms with Crippen molar-refractivity contribution >= 4 is 54.7 Å². The Bertz CT molecular complexity index is 687. The number of nitrogens with one attached hydrogen (secondary N) is 1. The summed E-state index contributed by atoms with van der Waals surface area (Å²) in [6, 6.07) is 1.63. The zero-order valence-corrected chi connectivity index (χ0v) is 13.0. The Morgan fingerprint density at radius 1 is 1.39 bits per heavy atom. The summed E-state index contributed by atoms with van der Waals surface area (Å²) in [5, 5.41) is 0. The number of thiazole rings is 1. The molecule has 0 saturated heterocycles. The molecule has 2 aromatic rings. The molecule has 0 aliphatic heterocycles. The number of aryl methyl sites for hydroxylation is 1. The molecule has 0 radical (unpaired) electrons. The van der Waals surface area contributed by atoms with E-state index in [1.807, 2.05) is 6.92 Å². The van der Waals surface area contributed by atoms with E-state index in [0.717, 1.165) is 21.4 Å². The number of rotatable bonds is 3. The Labute approximate surface area is 121 Å². The molecule has 96 valence electrons. The number of halogens is 2. The van der Waals surface area contributed by atoms with Crippen LogP contribution in [-0.2, 0) is 10.0 Å². The van der Waals surface area contributed by atoms with Gasteiger partial charge in [0.2, 0.25) is 0 Å². The van der Waals surface area contributed by atoms with E-state index in [0.29, 0.717) is 0 Å².